The zero-order valence-corrected chi connectivity index (χ0v) is 22.5. The van der Waals surface area contributed by atoms with Gasteiger partial charge in [0.2, 0.25) is 5.91 Å². The zero-order chi connectivity index (χ0) is 28.6. The van der Waals surface area contributed by atoms with Crippen molar-refractivity contribution in [2.45, 2.75) is 64.3 Å². The van der Waals surface area contributed by atoms with E-state index in [1.54, 1.807) is 19.9 Å². The normalized spacial score (nSPS) is 22.5. The van der Waals surface area contributed by atoms with Gasteiger partial charge >= 0.3 is 5.97 Å². The highest BCUT2D eigenvalue weighted by molar-refractivity contribution is 5.94. The summed E-state index contributed by atoms with van der Waals surface area (Å²) in [4.78, 5) is 43.7. The number of aryl methyl sites for hydroxylation is 1. The minimum Gasteiger partial charge on any atom is -0.458 e. The Morgan fingerprint density at radius 3 is 2.75 bits per heavy atom. The maximum Gasteiger partial charge on any atom is 0.343 e. The molecule has 3 aromatic rings. The monoisotopic (exact) mass is 551 g/mol. The van der Waals surface area contributed by atoms with Crippen molar-refractivity contribution < 1.29 is 33.7 Å². The van der Waals surface area contributed by atoms with E-state index in [1.165, 1.54) is 17.6 Å². The topological polar surface area (TPSA) is 140 Å². The minimum atomic E-state index is -1.98. The molecule has 2 aliphatic heterocycles. The Hall–Kier alpha value is -3.67. The number of benzene rings is 1. The van der Waals surface area contributed by atoms with E-state index in [0.29, 0.717) is 51.8 Å². The second kappa shape index (κ2) is 9.18. The molecule has 1 amide bonds. The van der Waals surface area contributed by atoms with Crippen LogP contribution in [0.25, 0.3) is 22.3 Å². The van der Waals surface area contributed by atoms with Crippen molar-refractivity contribution >= 4 is 22.8 Å². The summed E-state index contributed by atoms with van der Waals surface area (Å²) in [5, 5.41) is 24.4. The number of aliphatic hydroxyl groups excluding tert-OH is 1. The number of halogens is 1. The number of pyridine rings is 2. The first-order chi connectivity index (χ1) is 19.1. The summed E-state index contributed by atoms with van der Waals surface area (Å²) in [7, 11) is 0. The number of nitrogens with zero attached hydrogens (tertiary/aromatic N) is 2. The Bertz CT molecular complexity index is 1680. The quantitative estimate of drug-likeness (QED) is 0.244. The lowest BCUT2D eigenvalue weighted by Crippen LogP contribution is -2.51. The maximum atomic E-state index is 15.1. The third kappa shape index (κ3) is 3.57. The van der Waals surface area contributed by atoms with Crippen LogP contribution in [0, 0.1) is 12.7 Å². The van der Waals surface area contributed by atoms with E-state index in [4.69, 9.17) is 14.5 Å². The Labute approximate surface area is 228 Å². The van der Waals surface area contributed by atoms with Gasteiger partial charge < -0.3 is 29.6 Å². The lowest BCUT2D eigenvalue weighted by Gasteiger charge is -2.41. The van der Waals surface area contributed by atoms with Gasteiger partial charge in [-0.1, -0.05) is 6.92 Å². The van der Waals surface area contributed by atoms with Crippen molar-refractivity contribution in [3.8, 4) is 11.4 Å². The van der Waals surface area contributed by atoms with Gasteiger partial charge in [-0.05, 0) is 48.9 Å². The number of nitrogens with one attached hydrogen (secondary N) is 1. The molecule has 0 saturated carbocycles. The van der Waals surface area contributed by atoms with Gasteiger partial charge in [-0.25, -0.2) is 14.2 Å². The SMILES string of the molecule is CC[C@@]1(O)C(=O)OCc2c1cc1n(c2=O)Cc2c-1nc1cc(F)c(C)c3c1c2C(COCCO)(NC(C)=O)CC3. The van der Waals surface area contributed by atoms with Gasteiger partial charge in [0.25, 0.3) is 5.56 Å². The number of cyclic esters (lactones) is 1. The zero-order valence-electron chi connectivity index (χ0n) is 22.5. The molecule has 1 unspecified atom stereocenters. The molecule has 210 valence electrons. The molecule has 3 N–H and O–H groups in total. The summed E-state index contributed by atoms with van der Waals surface area (Å²) >= 11 is 0. The van der Waals surface area contributed by atoms with E-state index in [1.807, 2.05) is 0 Å². The molecule has 1 aliphatic carbocycles. The highest BCUT2D eigenvalue weighted by Crippen LogP contribution is 2.48. The molecule has 0 saturated heterocycles. The van der Waals surface area contributed by atoms with Gasteiger partial charge in [0.15, 0.2) is 5.60 Å². The first kappa shape index (κ1) is 26.5. The number of rotatable bonds is 6. The Morgan fingerprint density at radius 1 is 1.27 bits per heavy atom. The van der Waals surface area contributed by atoms with Crippen LogP contribution in [0.3, 0.4) is 0 Å². The minimum absolute atomic E-state index is 0.00662. The molecular weight excluding hydrogens is 521 g/mol. The fourth-order valence-electron chi connectivity index (χ4n) is 6.65. The molecule has 0 radical (unpaired) electrons. The average molecular weight is 552 g/mol. The average Bonchev–Trinajstić information content (AvgIpc) is 3.28. The number of carbonyl (C=O) groups is 2. The Morgan fingerprint density at radius 2 is 2.05 bits per heavy atom. The standard InChI is InChI=1S/C29H30FN3O7/c1-4-29(38)19-9-22-25-17(11-33(22)26(36)18(19)12-40-27(29)37)24-23-16(14(2)20(30)10-21(23)31-25)5-6-28(24,32-15(3)35)13-39-8-7-34/h9-10,34,38H,4-8,11-13H2,1-3H3,(H,32,35)/t28?,29-/m0/s1. The highest BCUT2D eigenvalue weighted by Gasteiger charge is 2.47. The first-order valence-corrected chi connectivity index (χ1v) is 13.4. The maximum absolute atomic E-state index is 15.1. The molecular formula is C29H30FN3O7. The lowest BCUT2D eigenvalue weighted by molar-refractivity contribution is -0.172. The largest absolute Gasteiger partial charge is 0.458 e. The van der Waals surface area contributed by atoms with Crippen LogP contribution < -0.4 is 10.9 Å². The lowest BCUT2D eigenvalue weighted by atomic mass is 9.73. The fourth-order valence-corrected chi connectivity index (χ4v) is 6.65. The third-order valence-electron chi connectivity index (χ3n) is 8.58. The number of aromatic nitrogens is 2. The van der Waals surface area contributed by atoms with E-state index in [2.05, 4.69) is 5.32 Å². The summed E-state index contributed by atoms with van der Waals surface area (Å²) in [6.45, 7) is 4.52. The van der Waals surface area contributed by atoms with Gasteiger partial charge in [-0.15, -0.1) is 0 Å². The van der Waals surface area contributed by atoms with Crippen molar-refractivity contribution in [3.63, 3.8) is 0 Å². The molecule has 3 aliphatic rings. The number of ether oxygens (including phenoxy) is 2. The number of amides is 1. The molecule has 0 bridgehead atoms. The fraction of sp³-hybridized carbons (Fsp3) is 0.448. The summed E-state index contributed by atoms with van der Waals surface area (Å²) < 4.78 is 27.6. The van der Waals surface area contributed by atoms with Gasteiger partial charge in [-0.2, -0.15) is 0 Å². The number of hydrogen-bond acceptors (Lipinski definition) is 8. The van der Waals surface area contributed by atoms with Crippen LogP contribution in [0.4, 0.5) is 4.39 Å². The molecule has 2 atom stereocenters. The van der Waals surface area contributed by atoms with E-state index >= 15 is 4.39 Å². The number of hydrogen-bond donors (Lipinski definition) is 3. The second-order valence-corrected chi connectivity index (χ2v) is 10.8. The van der Waals surface area contributed by atoms with Crippen LogP contribution in [-0.4, -0.2) is 51.5 Å². The smallest absolute Gasteiger partial charge is 0.343 e. The van der Waals surface area contributed by atoms with Crippen molar-refractivity contribution in [1.82, 2.24) is 14.9 Å². The van der Waals surface area contributed by atoms with Gasteiger partial charge in [0, 0.05) is 29.5 Å². The van der Waals surface area contributed by atoms with Gasteiger partial charge in [-0.3, -0.25) is 9.59 Å². The van der Waals surface area contributed by atoms with Crippen LogP contribution in [0.2, 0.25) is 0 Å². The predicted octanol–water partition coefficient (Wildman–Crippen LogP) is 1.81. The summed E-state index contributed by atoms with van der Waals surface area (Å²) in [5.74, 6) is -1.52. The van der Waals surface area contributed by atoms with Crippen LogP contribution in [0.5, 0.6) is 0 Å². The van der Waals surface area contributed by atoms with Crippen LogP contribution >= 0.6 is 0 Å². The molecule has 4 heterocycles. The van der Waals surface area contributed by atoms with E-state index < -0.39 is 28.5 Å². The Kier molecular flexibility index (Phi) is 6.10. The van der Waals surface area contributed by atoms with Gasteiger partial charge in [0.05, 0.1) is 54.4 Å². The molecule has 11 heteroatoms. The molecule has 1 aromatic carbocycles. The van der Waals surface area contributed by atoms with Crippen molar-refractivity contribution in [3.05, 3.63) is 61.7 Å². The van der Waals surface area contributed by atoms with Crippen molar-refractivity contribution in [2.24, 2.45) is 0 Å². The first-order valence-electron chi connectivity index (χ1n) is 13.4. The Balaban J connectivity index is 1.69. The van der Waals surface area contributed by atoms with Crippen molar-refractivity contribution in [2.75, 3.05) is 19.8 Å². The molecule has 6 rings (SSSR count). The number of carbonyl (C=O) groups excluding carboxylic acids is 2. The van der Waals surface area contributed by atoms with Crippen LogP contribution in [0.1, 0.15) is 60.1 Å². The number of esters is 1. The summed E-state index contributed by atoms with van der Waals surface area (Å²) in [5.41, 5.74) is 0.766. The molecule has 2 aromatic heterocycles. The second-order valence-electron chi connectivity index (χ2n) is 10.8. The van der Waals surface area contributed by atoms with E-state index in [9.17, 15) is 24.6 Å². The van der Waals surface area contributed by atoms with Crippen molar-refractivity contribution in [1.29, 1.82) is 0 Å². The predicted molar refractivity (Wildman–Crippen MR) is 141 cm³/mol. The van der Waals surface area contributed by atoms with E-state index in [0.717, 1.165) is 5.56 Å². The third-order valence-corrected chi connectivity index (χ3v) is 8.58. The van der Waals surface area contributed by atoms with Crippen LogP contribution in [0.15, 0.2) is 16.9 Å². The highest BCUT2D eigenvalue weighted by atomic mass is 19.1. The number of aliphatic hydroxyl groups is 2. The summed E-state index contributed by atoms with van der Waals surface area (Å²) in [6, 6.07) is 2.96. The molecule has 10 nitrogen and oxygen atoms in total. The summed E-state index contributed by atoms with van der Waals surface area (Å²) in [6.07, 6.45) is 0.869. The molecule has 0 spiro atoms. The van der Waals surface area contributed by atoms with Gasteiger partial charge in [0.1, 0.15) is 12.4 Å². The molecule has 40 heavy (non-hydrogen) atoms. The van der Waals surface area contributed by atoms with E-state index in [-0.39, 0.29) is 56.4 Å². The molecule has 0 fully saturated rings. The van der Waals surface area contributed by atoms with Crippen LogP contribution in [-0.2, 0) is 49.8 Å². The number of fused-ring (bicyclic) bond motifs is 5.